The van der Waals surface area contributed by atoms with Crippen molar-refractivity contribution in [1.29, 1.82) is 0 Å². The molecule has 0 aliphatic heterocycles. The summed E-state index contributed by atoms with van der Waals surface area (Å²) >= 11 is 4.77. The number of rotatable bonds is 9. The van der Waals surface area contributed by atoms with Gasteiger partial charge in [-0.05, 0) is 55.0 Å². The van der Waals surface area contributed by atoms with Crippen LogP contribution in [0.5, 0.6) is 5.75 Å². The zero-order valence-electron chi connectivity index (χ0n) is 19.2. The molecule has 0 aliphatic carbocycles. The monoisotopic (exact) mass is 549 g/mol. The number of halogens is 1. The fourth-order valence-corrected chi connectivity index (χ4v) is 5.02. The van der Waals surface area contributed by atoms with E-state index in [1.807, 2.05) is 60.7 Å². The molecule has 3 heterocycles. The van der Waals surface area contributed by atoms with Crippen molar-refractivity contribution in [1.82, 2.24) is 14.6 Å². The van der Waals surface area contributed by atoms with E-state index in [0.717, 1.165) is 40.1 Å². The lowest BCUT2D eigenvalue weighted by atomic mass is 10.2. The summed E-state index contributed by atoms with van der Waals surface area (Å²) in [5.41, 5.74) is 1.59. The first-order valence-corrected chi connectivity index (χ1v) is 13.2. The Kier molecular flexibility index (Phi) is 7.11. The van der Waals surface area contributed by atoms with Gasteiger partial charge >= 0.3 is 0 Å². The highest BCUT2D eigenvalue weighted by Crippen LogP contribution is 2.25. The predicted molar refractivity (Wildman–Crippen MR) is 143 cm³/mol. The van der Waals surface area contributed by atoms with Crippen molar-refractivity contribution in [3.63, 3.8) is 0 Å². The predicted octanol–water partition coefficient (Wildman–Crippen LogP) is 6.35. The van der Waals surface area contributed by atoms with E-state index in [0.29, 0.717) is 21.1 Å². The molecule has 0 spiro atoms. The molecule has 0 aliphatic rings. The average molecular weight is 550 g/mol. The minimum atomic E-state index is -0.212. The number of nitrogens with zero attached hydrogens (tertiary/aromatic N) is 3. The first-order valence-electron chi connectivity index (χ1n) is 11.6. The summed E-state index contributed by atoms with van der Waals surface area (Å²) in [4.78, 5) is 18.0. The molecular formula is C27H24BrN3O3S. The van der Waals surface area contributed by atoms with Gasteiger partial charge in [0.25, 0.3) is 5.56 Å². The third-order valence-corrected chi connectivity index (χ3v) is 7.02. The van der Waals surface area contributed by atoms with Gasteiger partial charge in [-0.2, -0.15) is 9.50 Å². The molecule has 0 amide bonds. The number of hydrogen-bond acceptors (Lipinski definition) is 6. The van der Waals surface area contributed by atoms with Crippen LogP contribution in [0.4, 0.5) is 0 Å². The summed E-state index contributed by atoms with van der Waals surface area (Å²) in [6, 6.07) is 19.3. The first kappa shape index (κ1) is 23.5. The van der Waals surface area contributed by atoms with E-state index in [2.05, 4.69) is 32.9 Å². The normalized spacial score (nSPS) is 12.0. The molecule has 0 N–H and O–H groups in total. The molecule has 6 nitrogen and oxygen atoms in total. The van der Waals surface area contributed by atoms with Crippen molar-refractivity contribution >= 4 is 38.3 Å². The van der Waals surface area contributed by atoms with Crippen LogP contribution >= 0.6 is 27.3 Å². The number of aromatic nitrogens is 3. The zero-order valence-corrected chi connectivity index (χ0v) is 21.6. The molecule has 2 aromatic carbocycles. The molecule has 0 saturated heterocycles. The van der Waals surface area contributed by atoms with Crippen molar-refractivity contribution in [3.8, 4) is 28.5 Å². The molecule has 0 unspecified atom stereocenters. The Morgan fingerprint density at radius 2 is 1.91 bits per heavy atom. The molecule has 0 fully saturated rings. The molecule has 5 aromatic rings. The van der Waals surface area contributed by atoms with Gasteiger partial charge in [-0.1, -0.05) is 65.6 Å². The van der Waals surface area contributed by atoms with Gasteiger partial charge in [-0.25, -0.2) is 0 Å². The highest BCUT2D eigenvalue weighted by atomic mass is 79.9. The fourth-order valence-electron chi connectivity index (χ4n) is 3.73. The van der Waals surface area contributed by atoms with E-state index >= 15 is 0 Å². The summed E-state index contributed by atoms with van der Waals surface area (Å²) in [6.45, 7) is 2.92. The summed E-state index contributed by atoms with van der Waals surface area (Å²) in [7, 11) is 0. The van der Waals surface area contributed by atoms with Gasteiger partial charge in [0.1, 0.15) is 21.8 Å². The van der Waals surface area contributed by atoms with E-state index in [1.165, 1.54) is 35.1 Å². The average Bonchev–Trinajstić information content (AvgIpc) is 3.57. The molecule has 8 heteroatoms. The second-order valence-corrected chi connectivity index (χ2v) is 10.1. The Labute approximate surface area is 215 Å². The summed E-state index contributed by atoms with van der Waals surface area (Å²) in [5, 5.41) is 4.44. The lowest BCUT2D eigenvalue weighted by Gasteiger charge is -2.06. The van der Waals surface area contributed by atoms with Gasteiger partial charge in [0.05, 0.1) is 6.61 Å². The van der Waals surface area contributed by atoms with Gasteiger partial charge < -0.3 is 9.15 Å². The molecule has 0 bridgehead atoms. The van der Waals surface area contributed by atoms with Crippen molar-refractivity contribution in [3.05, 3.63) is 85.8 Å². The fraction of sp³-hybridized carbons (Fsp3) is 0.222. The maximum atomic E-state index is 12.9. The molecule has 0 saturated carbocycles. The second-order valence-electron chi connectivity index (χ2n) is 8.19. The van der Waals surface area contributed by atoms with Crippen LogP contribution in [0.3, 0.4) is 0 Å². The quantitative estimate of drug-likeness (QED) is 0.200. The zero-order chi connectivity index (χ0) is 24.2. The molecule has 178 valence electrons. The molecule has 35 heavy (non-hydrogen) atoms. The number of unbranched alkanes of at least 4 members (excludes halogenated alkanes) is 3. The number of furan rings is 1. The highest BCUT2D eigenvalue weighted by molar-refractivity contribution is 9.10. The van der Waals surface area contributed by atoms with Crippen LogP contribution in [0.15, 0.2) is 74.3 Å². The van der Waals surface area contributed by atoms with Gasteiger partial charge in [-0.15, -0.1) is 5.10 Å². The second kappa shape index (κ2) is 10.6. The smallest absolute Gasteiger partial charge is 0.291 e. The molecule has 5 rings (SSSR count). The molecule has 3 aromatic heterocycles. The Morgan fingerprint density at radius 3 is 2.69 bits per heavy atom. The van der Waals surface area contributed by atoms with Crippen LogP contribution in [0.2, 0.25) is 0 Å². The van der Waals surface area contributed by atoms with Crippen LogP contribution in [-0.2, 0) is 0 Å². The highest BCUT2D eigenvalue weighted by Gasteiger charge is 2.13. The standard InChI is InChI=1S/C27H24BrN3O3S/c1-2-3-4-5-15-33-21-11-9-18(10-12-21)25-29-27-31(30-25)26(32)24(35-27)17-22-13-14-23(34-22)19-7-6-8-20(28)16-19/h6-14,16-17H,2-5,15H2,1H3/b24-17+. The summed E-state index contributed by atoms with van der Waals surface area (Å²) in [6.07, 6.45) is 6.43. The van der Waals surface area contributed by atoms with Gasteiger partial charge in [0.15, 0.2) is 5.82 Å². The number of benzene rings is 2. The van der Waals surface area contributed by atoms with E-state index in [-0.39, 0.29) is 5.56 Å². The van der Waals surface area contributed by atoms with Crippen LogP contribution in [0.1, 0.15) is 38.4 Å². The SMILES string of the molecule is CCCCCCOc1ccc(-c2nc3s/c(=C/c4ccc(-c5cccc(Br)c5)o4)c(=O)n3n2)cc1. The number of fused-ring (bicyclic) bond motifs is 1. The third-order valence-electron chi connectivity index (χ3n) is 5.57. The lowest BCUT2D eigenvalue weighted by Crippen LogP contribution is -2.23. The Hall–Kier alpha value is -3.23. The van der Waals surface area contributed by atoms with E-state index in [9.17, 15) is 4.79 Å². The van der Waals surface area contributed by atoms with E-state index < -0.39 is 0 Å². The van der Waals surface area contributed by atoms with Crippen molar-refractivity contribution in [2.75, 3.05) is 6.61 Å². The van der Waals surface area contributed by atoms with Crippen LogP contribution < -0.4 is 14.8 Å². The molecule has 0 atom stereocenters. The van der Waals surface area contributed by atoms with Gasteiger partial charge in [-0.3, -0.25) is 4.79 Å². The summed E-state index contributed by atoms with van der Waals surface area (Å²) in [5.74, 6) is 2.69. The Morgan fingerprint density at radius 1 is 1.06 bits per heavy atom. The molecule has 0 radical (unpaired) electrons. The Bertz CT molecular complexity index is 1550. The minimum Gasteiger partial charge on any atom is -0.494 e. The van der Waals surface area contributed by atoms with Crippen molar-refractivity contribution in [2.24, 2.45) is 0 Å². The number of thiazole rings is 1. The maximum absolute atomic E-state index is 12.9. The Balaban J connectivity index is 1.32. The van der Waals surface area contributed by atoms with Gasteiger partial charge in [0.2, 0.25) is 4.96 Å². The van der Waals surface area contributed by atoms with Crippen molar-refractivity contribution < 1.29 is 9.15 Å². The van der Waals surface area contributed by atoms with Crippen LogP contribution in [-0.4, -0.2) is 21.2 Å². The number of hydrogen-bond donors (Lipinski definition) is 0. The summed E-state index contributed by atoms with van der Waals surface area (Å²) < 4.78 is 14.6. The van der Waals surface area contributed by atoms with Crippen LogP contribution in [0, 0.1) is 0 Å². The lowest BCUT2D eigenvalue weighted by molar-refractivity contribution is 0.305. The largest absolute Gasteiger partial charge is 0.494 e. The van der Waals surface area contributed by atoms with Crippen molar-refractivity contribution in [2.45, 2.75) is 32.6 Å². The minimum absolute atomic E-state index is 0.212. The first-order chi connectivity index (χ1) is 17.1. The van der Waals surface area contributed by atoms with E-state index in [4.69, 9.17) is 9.15 Å². The third kappa shape index (κ3) is 5.39. The van der Waals surface area contributed by atoms with E-state index in [1.54, 1.807) is 6.08 Å². The topological polar surface area (TPSA) is 69.6 Å². The van der Waals surface area contributed by atoms with Gasteiger partial charge in [0, 0.05) is 21.7 Å². The number of ether oxygens (including phenoxy) is 1. The van der Waals surface area contributed by atoms with Crippen LogP contribution in [0.25, 0.3) is 33.7 Å². The molecular weight excluding hydrogens is 526 g/mol. The maximum Gasteiger partial charge on any atom is 0.291 e.